The molecule has 0 aliphatic rings. The summed E-state index contributed by atoms with van der Waals surface area (Å²) in [6.45, 7) is 1.82. The van der Waals surface area contributed by atoms with Crippen LogP contribution < -0.4 is 14.8 Å². The van der Waals surface area contributed by atoms with Gasteiger partial charge < -0.3 is 23.9 Å². The minimum atomic E-state index is -0.581. The molecule has 1 aromatic heterocycles. The molecule has 1 heterocycles. The number of amides is 1. The molecule has 0 unspecified atom stereocenters. The van der Waals surface area contributed by atoms with Crippen molar-refractivity contribution in [3.05, 3.63) is 81.8 Å². The van der Waals surface area contributed by atoms with E-state index in [1.54, 1.807) is 49.4 Å². The first kappa shape index (κ1) is 24.4. The van der Waals surface area contributed by atoms with Gasteiger partial charge in [0.1, 0.15) is 24.0 Å². The summed E-state index contributed by atoms with van der Waals surface area (Å²) in [5.41, 5.74) is 1.69. The Bertz CT molecular complexity index is 1290. The van der Waals surface area contributed by atoms with Gasteiger partial charge in [-0.25, -0.2) is 4.79 Å². The van der Waals surface area contributed by atoms with Crippen molar-refractivity contribution in [3.63, 3.8) is 0 Å². The fourth-order valence-electron chi connectivity index (χ4n) is 2.96. The van der Waals surface area contributed by atoms with Gasteiger partial charge in [-0.15, -0.1) is 0 Å². The second-order valence-electron chi connectivity index (χ2n) is 6.99. The number of hydrogen-bond acceptors (Lipinski definition) is 7. The fourth-order valence-corrected chi connectivity index (χ4v) is 3.13. The van der Waals surface area contributed by atoms with Gasteiger partial charge in [-0.1, -0.05) is 23.7 Å². The Labute approximate surface area is 201 Å². The molecule has 3 rings (SSSR count). The number of furan rings is 1. The fraction of sp³-hybridized carbons (Fsp3) is 0.160. The van der Waals surface area contributed by atoms with E-state index in [4.69, 9.17) is 25.5 Å². The summed E-state index contributed by atoms with van der Waals surface area (Å²) in [5.74, 6) is 0.147. The van der Waals surface area contributed by atoms with Crippen molar-refractivity contribution in [2.75, 3.05) is 19.5 Å². The van der Waals surface area contributed by atoms with Crippen molar-refractivity contribution in [2.45, 2.75) is 13.5 Å². The zero-order valence-electron chi connectivity index (χ0n) is 18.7. The highest BCUT2D eigenvalue weighted by Gasteiger charge is 2.14. The van der Waals surface area contributed by atoms with E-state index in [0.29, 0.717) is 39.1 Å². The van der Waals surface area contributed by atoms with Crippen molar-refractivity contribution >= 4 is 35.2 Å². The number of benzene rings is 2. The number of rotatable bonds is 8. The highest BCUT2D eigenvalue weighted by molar-refractivity contribution is 6.31. The highest BCUT2D eigenvalue weighted by Crippen LogP contribution is 2.30. The Morgan fingerprint density at radius 2 is 1.94 bits per heavy atom. The predicted molar refractivity (Wildman–Crippen MR) is 126 cm³/mol. The number of carbonyl (C=O) groups excluding carboxylic acids is 2. The van der Waals surface area contributed by atoms with E-state index in [1.807, 2.05) is 6.07 Å². The standard InChI is InChI=1S/C25H21ClN2O6/c1-15-19(26)5-4-6-20(15)28-24(29)17(13-27)11-16-7-9-21(23(12-16)31-2)33-14-18-8-10-22(34-18)25(30)32-3/h4-12H,14H2,1-3H3,(H,28,29). The van der Waals surface area contributed by atoms with Gasteiger partial charge in [-0.3, -0.25) is 4.79 Å². The molecule has 1 N–H and O–H groups in total. The number of nitrogens with zero attached hydrogens (tertiary/aromatic N) is 1. The maximum Gasteiger partial charge on any atom is 0.373 e. The molecular formula is C25H21ClN2O6. The molecule has 0 saturated carbocycles. The van der Waals surface area contributed by atoms with Crippen LogP contribution in [0.5, 0.6) is 11.5 Å². The molecule has 0 atom stereocenters. The van der Waals surface area contributed by atoms with E-state index in [9.17, 15) is 14.9 Å². The van der Waals surface area contributed by atoms with Crippen LogP contribution in [0.1, 0.15) is 27.4 Å². The first-order valence-electron chi connectivity index (χ1n) is 10.0. The van der Waals surface area contributed by atoms with E-state index >= 15 is 0 Å². The van der Waals surface area contributed by atoms with Crippen LogP contribution in [-0.2, 0) is 16.1 Å². The third-order valence-electron chi connectivity index (χ3n) is 4.80. The average molecular weight is 481 g/mol. The highest BCUT2D eigenvalue weighted by atomic mass is 35.5. The van der Waals surface area contributed by atoms with Gasteiger partial charge in [0.05, 0.1) is 14.2 Å². The third-order valence-corrected chi connectivity index (χ3v) is 5.21. The van der Waals surface area contributed by atoms with Crippen LogP contribution in [0.2, 0.25) is 5.02 Å². The number of halogens is 1. The third kappa shape index (κ3) is 5.77. The molecule has 2 aromatic carbocycles. The number of methoxy groups -OCH3 is 2. The van der Waals surface area contributed by atoms with Crippen LogP contribution >= 0.6 is 11.6 Å². The Balaban J connectivity index is 1.74. The first-order valence-corrected chi connectivity index (χ1v) is 10.4. The number of carbonyl (C=O) groups is 2. The first-order chi connectivity index (χ1) is 16.4. The molecule has 8 nitrogen and oxygen atoms in total. The number of anilines is 1. The van der Waals surface area contributed by atoms with Gasteiger partial charge in [0.15, 0.2) is 11.5 Å². The lowest BCUT2D eigenvalue weighted by molar-refractivity contribution is -0.112. The van der Waals surface area contributed by atoms with Crippen molar-refractivity contribution in [2.24, 2.45) is 0 Å². The van der Waals surface area contributed by atoms with E-state index in [1.165, 1.54) is 26.4 Å². The quantitative estimate of drug-likeness (QED) is 0.269. The van der Waals surface area contributed by atoms with Gasteiger partial charge in [-0.2, -0.15) is 5.26 Å². The summed E-state index contributed by atoms with van der Waals surface area (Å²) in [6, 6.07) is 15.1. The van der Waals surface area contributed by atoms with Crippen LogP contribution in [0.15, 0.2) is 58.5 Å². The molecule has 0 saturated heterocycles. The summed E-state index contributed by atoms with van der Waals surface area (Å²) < 4.78 is 21.1. The Morgan fingerprint density at radius 3 is 2.65 bits per heavy atom. The molecule has 3 aromatic rings. The van der Waals surface area contributed by atoms with Crippen LogP contribution in [0.3, 0.4) is 0 Å². The van der Waals surface area contributed by atoms with Crippen LogP contribution in [0, 0.1) is 18.3 Å². The Morgan fingerprint density at radius 1 is 1.15 bits per heavy atom. The largest absolute Gasteiger partial charge is 0.493 e. The normalized spacial score (nSPS) is 10.9. The zero-order valence-corrected chi connectivity index (χ0v) is 19.4. The SMILES string of the molecule is COC(=O)c1ccc(COc2ccc(C=C(C#N)C(=O)Nc3cccc(Cl)c3C)cc2OC)o1. The second-order valence-corrected chi connectivity index (χ2v) is 7.40. The van der Waals surface area contributed by atoms with E-state index in [0.717, 1.165) is 0 Å². The van der Waals surface area contributed by atoms with Gasteiger partial charge in [0, 0.05) is 10.7 Å². The average Bonchev–Trinajstić information content (AvgIpc) is 3.32. The number of esters is 1. The molecule has 0 bridgehead atoms. The van der Waals surface area contributed by atoms with Crippen LogP contribution in [0.4, 0.5) is 5.69 Å². The van der Waals surface area contributed by atoms with Crippen molar-refractivity contribution in [3.8, 4) is 17.6 Å². The minimum absolute atomic E-state index is 0.0490. The molecule has 174 valence electrons. The topological polar surface area (TPSA) is 111 Å². The summed E-state index contributed by atoms with van der Waals surface area (Å²) in [4.78, 5) is 24.1. The minimum Gasteiger partial charge on any atom is -0.493 e. The van der Waals surface area contributed by atoms with Gasteiger partial charge in [0.2, 0.25) is 5.76 Å². The van der Waals surface area contributed by atoms with Crippen molar-refractivity contribution < 1.29 is 28.2 Å². The summed E-state index contributed by atoms with van der Waals surface area (Å²) in [6.07, 6.45) is 1.44. The Hall–Kier alpha value is -4.22. The molecule has 34 heavy (non-hydrogen) atoms. The van der Waals surface area contributed by atoms with E-state index in [-0.39, 0.29) is 17.9 Å². The Kier molecular flexibility index (Phi) is 7.96. The van der Waals surface area contributed by atoms with Gasteiger partial charge in [-0.05, 0) is 60.5 Å². The number of nitrogens with one attached hydrogen (secondary N) is 1. The lowest BCUT2D eigenvalue weighted by Crippen LogP contribution is -2.14. The van der Waals surface area contributed by atoms with E-state index in [2.05, 4.69) is 10.1 Å². The molecule has 0 aliphatic heterocycles. The lowest BCUT2D eigenvalue weighted by Gasteiger charge is -2.11. The number of nitriles is 1. The van der Waals surface area contributed by atoms with E-state index < -0.39 is 11.9 Å². The maximum absolute atomic E-state index is 12.6. The second kappa shape index (κ2) is 11.1. The monoisotopic (exact) mass is 480 g/mol. The smallest absolute Gasteiger partial charge is 0.373 e. The number of ether oxygens (including phenoxy) is 3. The van der Waals surface area contributed by atoms with Crippen molar-refractivity contribution in [1.82, 2.24) is 0 Å². The molecule has 9 heteroatoms. The molecule has 0 radical (unpaired) electrons. The van der Waals surface area contributed by atoms with Gasteiger partial charge >= 0.3 is 5.97 Å². The predicted octanol–water partition coefficient (Wildman–Crippen LogP) is 5.16. The van der Waals surface area contributed by atoms with Crippen LogP contribution in [-0.4, -0.2) is 26.1 Å². The number of hydrogen-bond donors (Lipinski definition) is 1. The molecule has 0 fully saturated rings. The summed E-state index contributed by atoms with van der Waals surface area (Å²) in [7, 11) is 2.74. The summed E-state index contributed by atoms with van der Waals surface area (Å²) in [5, 5.41) is 12.7. The lowest BCUT2D eigenvalue weighted by atomic mass is 10.1. The molecule has 0 spiro atoms. The summed E-state index contributed by atoms with van der Waals surface area (Å²) >= 11 is 6.09. The molecular weight excluding hydrogens is 460 g/mol. The molecule has 0 aliphatic carbocycles. The van der Waals surface area contributed by atoms with Crippen LogP contribution in [0.25, 0.3) is 6.08 Å². The van der Waals surface area contributed by atoms with Crippen molar-refractivity contribution in [1.29, 1.82) is 5.26 Å². The molecule has 1 amide bonds. The zero-order chi connectivity index (χ0) is 24.7. The maximum atomic E-state index is 12.6. The van der Waals surface area contributed by atoms with Gasteiger partial charge in [0.25, 0.3) is 5.91 Å².